The van der Waals surface area contributed by atoms with E-state index < -0.39 is 0 Å². The molecule has 1 heterocycles. The molecular formula is C14H28N4O2. The Kier molecular flexibility index (Phi) is 6.78. The Morgan fingerprint density at radius 2 is 2.00 bits per heavy atom. The summed E-state index contributed by atoms with van der Waals surface area (Å²) in [6.07, 6.45) is 2.19. The Morgan fingerprint density at radius 1 is 1.30 bits per heavy atom. The van der Waals surface area contributed by atoms with E-state index in [1.807, 2.05) is 13.8 Å². The van der Waals surface area contributed by atoms with Gasteiger partial charge in [0.1, 0.15) is 0 Å². The van der Waals surface area contributed by atoms with E-state index in [0.29, 0.717) is 13.1 Å². The maximum Gasteiger partial charge on any atom is 0.222 e. The van der Waals surface area contributed by atoms with Crippen molar-refractivity contribution in [3.05, 3.63) is 0 Å². The van der Waals surface area contributed by atoms with Gasteiger partial charge in [-0.25, -0.2) is 0 Å². The fraction of sp³-hybridized carbons (Fsp3) is 0.857. The van der Waals surface area contributed by atoms with E-state index in [0.717, 1.165) is 32.0 Å². The molecular weight excluding hydrogens is 256 g/mol. The first kappa shape index (κ1) is 16.8. The molecule has 1 rings (SSSR count). The van der Waals surface area contributed by atoms with Gasteiger partial charge in [-0.1, -0.05) is 13.8 Å². The van der Waals surface area contributed by atoms with Crippen molar-refractivity contribution in [1.82, 2.24) is 16.0 Å². The van der Waals surface area contributed by atoms with Gasteiger partial charge in [0.15, 0.2) is 5.96 Å². The van der Waals surface area contributed by atoms with Crippen LogP contribution in [-0.2, 0) is 9.53 Å². The minimum Gasteiger partial charge on any atom is -0.373 e. The lowest BCUT2D eigenvalue weighted by Gasteiger charge is -2.24. The largest absolute Gasteiger partial charge is 0.373 e. The second-order valence-corrected chi connectivity index (χ2v) is 5.70. The van der Waals surface area contributed by atoms with Crippen molar-refractivity contribution >= 4 is 11.9 Å². The summed E-state index contributed by atoms with van der Waals surface area (Å²) in [6.45, 7) is 8.69. The number of carbonyl (C=O) groups is 1. The van der Waals surface area contributed by atoms with Gasteiger partial charge in [0.25, 0.3) is 0 Å². The normalized spacial score (nSPS) is 22.9. The van der Waals surface area contributed by atoms with Gasteiger partial charge < -0.3 is 20.7 Å². The summed E-state index contributed by atoms with van der Waals surface area (Å²) in [5.74, 6) is 0.828. The topological polar surface area (TPSA) is 74.8 Å². The molecule has 0 aromatic rings. The van der Waals surface area contributed by atoms with Gasteiger partial charge in [-0.2, -0.15) is 0 Å². The van der Waals surface area contributed by atoms with Gasteiger partial charge in [-0.3, -0.25) is 9.79 Å². The fourth-order valence-electron chi connectivity index (χ4n) is 2.04. The third-order valence-corrected chi connectivity index (χ3v) is 3.39. The first-order chi connectivity index (χ1) is 9.47. The Labute approximate surface area is 121 Å². The average Bonchev–Trinajstić information content (AvgIpc) is 2.84. The molecule has 0 aromatic heterocycles. The highest BCUT2D eigenvalue weighted by Crippen LogP contribution is 2.23. The number of aliphatic imine (C=N–C) groups is 1. The standard InChI is InChI=1S/C14H28N4O2/c1-11(2)12(19)16-7-8-17-13(15-4)18-10-14(3)6-5-9-20-14/h11H,5-10H2,1-4H3,(H,16,19)(H2,15,17,18). The number of nitrogens with zero attached hydrogens (tertiary/aromatic N) is 1. The van der Waals surface area contributed by atoms with Crippen molar-refractivity contribution < 1.29 is 9.53 Å². The molecule has 1 aliphatic rings. The zero-order chi connectivity index (χ0) is 15.0. The monoisotopic (exact) mass is 284 g/mol. The van der Waals surface area contributed by atoms with Gasteiger partial charge >= 0.3 is 0 Å². The molecule has 0 radical (unpaired) electrons. The molecule has 1 amide bonds. The number of hydrogen-bond acceptors (Lipinski definition) is 3. The lowest BCUT2D eigenvalue weighted by atomic mass is 10.0. The molecule has 1 unspecified atom stereocenters. The van der Waals surface area contributed by atoms with E-state index in [1.54, 1.807) is 7.05 Å². The van der Waals surface area contributed by atoms with Crippen LogP contribution in [-0.4, -0.2) is 50.8 Å². The smallest absolute Gasteiger partial charge is 0.222 e. The molecule has 0 aromatic carbocycles. The van der Waals surface area contributed by atoms with Crippen LogP contribution < -0.4 is 16.0 Å². The lowest BCUT2D eigenvalue weighted by Crippen LogP contribution is -2.47. The van der Waals surface area contributed by atoms with E-state index in [-0.39, 0.29) is 17.4 Å². The molecule has 1 aliphatic heterocycles. The molecule has 6 nitrogen and oxygen atoms in total. The number of carbonyl (C=O) groups excluding carboxylic acids is 1. The summed E-state index contributed by atoms with van der Waals surface area (Å²) < 4.78 is 5.72. The number of nitrogens with one attached hydrogen (secondary N) is 3. The number of rotatable bonds is 6. The van der Waals surface area contributed by atoms with Crippen LogP contribution in [0.3, 0.4) is 0 Å². The van der Waals surface area contributed by atoms with Crippen LogP contribution in [0, 0.1) is 5.92 Å². The van der Waals surface area contributed by atoms with Crippen LogP contribution in [0.1, 0.15) is 33.6 Å². The molecule has 0 saturated carbocycles. The van der Waals surface area contributed by atoms with Crippen molar-refractivity contribution in [3.8, 4) is 0 Å². The second kappa shape index (κ2) is 8.09. The quantitative estimate of drug-likeness (QED) is 0.377. The Morgan fingerprint density at radius 3 is 2.55 bits per heavy atom. The predicted octanol–water partition coefficient (Wildman–Crippen LogP) is 0.493. The first-order valence-electron chi connectivity index (χ1n) is 7.33. The Hall–Kier alpha value is -1.30. The molecule has 6 heteroatoms. The summed E-state index contributed by atoms with van der Waals surface area (Å²) in [4.78, 5) is 15.6. The van der Waals surface area contributed by atoms with E-state index in [1.165, 1.54) is 0 Å². The molecule has 0 aliphatic carbocycles. The minimum absolute atomic E-state index is 0.0203. The highest BCUT2D eigenvalue weighted by Gasteiger charge is 2.29. The Balaban J connectivity index is 2.18. The average molecular weight is 284 g/mol. The summed E-state index contributed by atoms with van der Waals surface area (Å²) in [5.41, 5.74) is -0.0938. The fourth-order valence-corrected chi connectivity index (χ4v) is 2.04. The zero-order valence-corrected chi connectivity index (χ0v) is 13.1. The van der Waals surface area contributed by atoms with Gasteiger partial charge in [-0.05, 0) is 19.8 Å². The summed E-state index contributed by atoms with van der Waals surface area (Å²) >= 11 is 0. The number of ether oxygens (including phenoxy) is 1. The molecule has 0 spiro atoms. The van der Waals surface area contributed by atoms with Crippen molar-refractivity contribution in [2.24, 2.45) is 10.9 Å². The lowest BCUT2D eigenvalue weighted by molar-refractivity contribution is -0.123. The maximum absolute atomic E-state index is 11.4. The van der Waals surface area contributed by atoms with Crippen LogP contribution in [0.15, 0.2) is 4.99 Å². The molecule has 0 bridgehead atoms. The summed E-state index contributed by atoms with van der Waals surface area (Å²) in [7, 11) is 1.74. The van der Waals surface area contributed by atoms with Crippen LogP contribution in [0.2, 0.25) is 0 Å². The van der Waals surface area contributed by atoms with Crippen molar-refractivity contribution in [2.75, 3.05) is 33.3 Å². The molecule has 1 atom stereocenters. The highest BCUT2D eigenvalue weighted by atomic mass is 16.5. The summed E-state index contributed by atoms with van der Waals surface area (Å²) in [5, 5.41) is 9.29. The first-order valence-corrected chi connectivity index (χ1v) is 7.33. The van der Waals surface area contributed by atoms with Crippen LogP contribution in [0.4, 0.5) is 0 Å². The van der Waals surface area contributed by atoms with E-state index >= 15 is 0 Å². The SMILES string of the molecule is CN=C(NCCNC(=O)C(C)C)NCC1(C)CCCO1. The van der Waals surface area contributed by atoms with E-state index in [9.17, 15) is 4.79 Å². The molecule has 1 saturated heterocycles. The van der Waals surface area contributed by atoms with Crippen molar-refractivity contribution in [2.45, 2.75) is 39.2 Å². The van der Waals surface area contributed by atoms with E-state index in [2.05, 4.69) is 27.9 Å². The third-order valence-electron chi connectivity index (χ3n) is 3.39. The van der Waals surface area contributed by atoms with Gasteiger partial charge in [-0.15, -0.1) is 0 Å². The van der Waals surface area contributed by atoms with Crippen molar-refractivity contribution in [3.63, 3.8) is 0 Å². The van der Waals surface area contributed by atoms with Gasteiger partial charge in [0.05, 0.1) is 5.60 Å². The Bertz CT molecular complexity index is 336. The number of amides is 1. The molecule has 1 fully saturated rings. The number of guanidine groups is 1. The maximum atomic E-state index is 11.4. The third kappa shape index (κ3) is 5.77. The predicted molar refractivity (Wildman–Crippen MR) is 80.8 cm³/mol. The number of hydrogen-bond donors (Lipinski definition) is 3. The summed E-state index contributed by atoms with van der Waals surface area (Å²) in [6, 6.07) is 0. The zero-order valence-electron chi connectivity index (χ0n) is 13.1. The van der Waals surface area contributed by atoms with Crippen molar-refractivity contribution in [1.29, 1.82) is 0 Å². The molecule has 20 heavy (non-hydrogen) atoms. The van der Waals surface area contributed by atoms with Crippen LogP contribution in [0.25, 0.3) is 0 Å². The highest BCUT2D eigenvalue weighted by molar-refractivity contribution is 5.80. The van der Waals surface area contributed by atoms with Gasteiger partial charge in [0.2, 0.25) is 5.91 Å². The van der Waals surface area contributed by atoms with E-state index in [4.69, 9.17) is 4.74 Å². The van der Waals surface area contributed by atoms with Gasteiger partial charge in [0, 0.05) is 39.2 Å². The minimum atomic E-state index is -0.0938. The second-order valence-electron chi connectivity index (χ2n) is 5.70. The van der Waals surface area contributed by atoms with Crippen LogP contribution in [0.5, 0.6) is 0 Å². The molecule has 116 valence electrons. The molecule has 3 N–H and O–H groups in total. The van der Waals surface area contributed by atoms with Crippen LogP contribution >= 0.6 is 0 Å².